The number of piperidine rings is 1. The van der Waals surface area contributed by atoms with Crippen LogP contribution in [0, 0.1) is 0 Å². The molecular weight excluding hydrogens is 348 g/mol. The first-order chi connectivity index (χ1) is 13.8. The predicted molar refractivity (Wildman–Crippen MR) is 110 cm³/mol. The van der Waals surface area contributed by atoms with Crippen molar-refractivity contribution < 1.29 is 9.53 Å². The summed E-state index contributed by atoms with van der Waals surface area (Å²) in [6.45, 7) is 3.01. The first-order valence-corrected chi connectivity index (χ1v) is 9.77. The maximum absolute atomic E-state index is 11.6. The van der Waals surface area contributed by atoms with Gasteiger partial charge in [0.25, 0.3) is 0 Å². The van der Waals surface area contributed by atoms with Crippen LogP contribution in [-0.4, -0.2) is 29.3 Å². The largest absolute Gasteiger partial charge is 0.455 e. The van der Waals surface area contributed by atoms with Gasteiger partial charge in [-0.05, 0) is 49.2 Å². The molecule has 0 spiro atoms. The number of ether oxygens (including phenoxy) is 1. The fourth-order valence-electron chi connectivity index (χ4n) is 3.77. The highest BCUT2D eigenvalue weighted by atomic mass is 16.5. The van der Waals surface area contributed by atoms with Crippen molar-refractivity contribution >= 4 is 6.29 Å². The molecule has 0 amide bonds. The molecule has 4 heteroatoms. The highest BCUT2D eigenvalue weighted by Gasteiger charge is 2.23. The second-order valence-corrected chi connectivity index (χ2v) is 7.21. The number of carbonyl (C=O) groups excluding carboxylic acids is 1. The molecule has 0 saturated carbocycles. The van der Waals surface area contributed by atoms with Crippen LogP contribution in [0.3, 0.4) is 0 Å². The van der Waals surface area contributed by atoms with Crippen LogP contribution in [0.25, 0.3) is 0 Å². The van der Waals surface area contributed by atoms with Crippen LogP contribution in [0.4, 0.5) is 0 Å². The molecule has 1 aliphatic rings. The summed E-state index contributed by atoms with van der Waals surface area (Å²) in [5, 5.41) is 0. The molecule has 0 aliphatic carbocycles. The van der Waals surface area contributed by atoms with Gasteiger partial charge in [-0.3, -0.25) is 9.69 Å². The summed E-state index contributed by atoms with van der Waals surface area (Å²) in [4.78, 5) is 18.7. The third kappa shape index (κ3) is 4.46. The van der Waals surface area contributed by atoms with Gasteiger partial charge >= 0.3 is 0 Å². The molecule has 2 heterocycles. The van der Waals surface area contributed by atoms with Gasteiger partial charge in [0.15, 0.2) is 12.0 Å². The Labute approximate surface area is 165 Å². The summed E-state index contributed by atoms with van der Waals surface area (Å²) in [5.41, 5.74) is 2.66. The number of carbonyl (C=O) groups is 1. The molecule has 1 fully saturated rings. The maximum Gasteiger partial charge on any atom is 0.172 e. The SMILES string of the molecule is O=Cc1nc(C2CCCN(Cc3ccccc3)C2)ccc1Oc1ccccc1. The van der Waals surface area contributed by atoms with Crippen molar-refractivity contribution in [2.45, 2.75) is 25.3 Å². The molecule has 2 aromatic carbocycles. The van der Waals surface area contributed by atoms with E-state index in [0.29, 0.717) is 23.1 Å². The van der Waals surface area contributed by atoms with Crippen LogP contribution >= 0.6 is 0 Å². The summed E-state index contributed by atoms with van der Waals surface area (Å²) >= 11 is 0. The number of nitrogens with zero attached hydrogens (tertiary/aromatic N) is 2. The van der Waals surface area contributed by atoms with Crippen LogP contribution in [-0.2, 0) is 6.54 Å². The van der Waals surface area contributed by atoms with Gasteiger partial charge in [0.05, 0.1) is 0 Å². The minimum atomic E-state index is 0.335. The lowest BCUT2D eigenvalue weighted by Gasteiger charge is -2.32. The third-order valence-corrected chi connectivity index (χ3v) is 5.16. The van der Waals surface area contributed by atoms with Gasteiger partial charge in [0.1, 0.15) is 11.4 Å². The summed E-state index contributed by atoms with van der Waals surface area (Å²) < 4.78 is 5.84. The van der Waals surface area contributed by atoms with Crippen molar-refractivity contribution in [2.75, 3.05) is 13.1 Å². The number of aldehydes is 1. The molecule has 4 nitrogen and oxygen atoms in total. The molecule has 0 bridgehead atoms. The van der Waals surface area contributed by atoms with E-state index in [9.17, 15) is 4.79 Å². The van der Waals surface area contributed by atoms with E-state index >= 15 is 0 Å². The Morgan fingerprint density at radius 1 is 1.00 bits per heavy atom. The van der Waals surface area contributed by atoms with Gasteiger partial charge in [-0.1, -0.05) is 48.5 Å². The summed E-state index contributed by atoms with van der Waals surface area (Å²) in [6, 6.07) is 23.9. The number of rotatable bonds is 6. The van der Waals surface area contributed by atoms with Crippen molar-refractivity contribution in [3.05, 3.63) is 89.7 Å². The molecule has 0 radical (unpaired) electrons. The molecule has 1 aromatic heterocycles. The number of hydrogen-bond donors (Lipinski definition) is 0. The summed E-state index contributed by atoms with van der Waals surface area (Å²) in [6.07, 6.45) is 3.01. The second-order valence-electron chi connectivity index (χ2n) is 7.21. The summed E-state index contributed by atoms with van der Waals surface area (Å²) in [7, 11) is 0. The minimum absolute atomic E-state index is 0.335. The molecule has 4 rings (SSSR count). The Balaban J connectivity index is 1.48. The van der Waals surface area contributed by atoms with E-state index in [2.05, 4.69) is 34.1 Å². The maximum atomic E-state index is 11.6. The van der Waals surface area contributed by atoms with Crippen molar-refractivity contribution in [2.24, 2.45) is 0 Å². The molecule has 1 aliphatic heterocycles. The van der Waals surface area contributed by atoms with Crippen molar-refractivity contribution in [3.63, 3.8) is 0 Å². The molecule has 1 atom stereocenters. The van der Waals surface area contributed by atoms with E-state index in [1.807, 2.05) is 48.5 Å². The molecule has 1 saturated heterocycles. The van der Waals surface area contributed by atoms with E-state index in [4.69, 9.17) is 4.74 Å². The number of aromatic nitrogens is 1. The van der Waals surface area contributed by atoms with Crippen LogP contribution in [0.15, 0.2) is 72.8 Å². The lowest BCUT2D eigenvalue weighted by Crippen LogP contribution is -2.34. The van der Waals surface area contributed by atoms with E-state index < -0.39 is 0 Å². The fourth-order valence-corrected chi connectivity index (χ4v) is 3.77. The number of hydrogen-bond acceptors (Lipinski definition) is 4. The van der Waals surface area contributed by atoms with Gasteiger partial charge in [-0.25, -0.2) is 4.98 Å². The van der Waals surface area contributed by atoms with Crippen LogP contribution in [0.1, 0.15) is 40.5 Å². The molecule has 142 valence electrons. The number of likely N-dealkylation sites (tertiary alicyclic amines) is 1. The highest BCUT2D eigenvalue weighted by molar-refractivity contribution is 5.76. The monoisotopic (exact) mass is 372 g/mol. The second kappa shape index (κ2) is 8.81. The Kier molecular flexibility index (Phi) is 5.78. The first kappa shape index (κ1) is 18.4. The van der Waals surface area contributed by atoms with Crippen molar-refractivity contribution in [3.8, 4) is 11.5 Å². The average Bonchev–Trinajstić information content (AvgIpc) is 2.76. The Morgan fingerprint density at radius 3 is 2.50 bits per heavy atom. The normalized spacial score (nSPS) is 17.2. The smallest absolute Gasteiger partial charge is 0.172 e. The molecule has 3 aromatic rings. The lowest BCUT2D eigenvalue weighted by molar-refractivity contribution is 0.111. The summed E-state index contributed by atoms with van der Waals surface area (Å²) in [5.74, 6) is 1.54. The van der Waals surface area contributed by atoms with Gasteiger partial charge in [-0.15, -0.1) is 0 Å². The van der Waals surface area contributed by atoms with Crippen molar-refractivity contribution in [1.82, 2.24) is 9.88 Å². The molecule has 28 heavy (non-hydrogen) atoms. The minimum Gasteiger partial charge on any atom is -0.455 e. The zero-order valence-electron chi connectivity index (χ0n) is 15.8. The number of pyridine rings is 1. The van der Waals surface area contributed by atoms with Gasteiger partial charge in [-0.2, -0.15) is 0 Å². The number of para-hydroxylation sites is 1. The average molecular weight is 372 g/mol. The predicted octanol–water partition coefficient (Wildman–Crippen LogP) is 5.07. The van der Waals surface area contributed by atoms with Crippen LogP contribution in [0.5, 0.6) is 11.5 Å². The van der Waals surface area contributed by atoms with Crippen LogP contribution in [0.2, 0.25) is 0 Å². The Morgan fingerprint density at radius 2 is 1.75 bits per heavy atom. The Hall–Kier alpha value is -2.98. The zero-order chi connectivity index (χ0) is 19.2. The fraction of sp³-hybridized carbons (Fsp3) is 0.250. The molecule has 1 unspecified atom stereocenters. The topological polar surface area (TPSA) is 42.4 Å². The Bertz CT molecular complexity index is 912. The van der Waals surface area contributed by atoms with Crippen LogP contribution < -0.4 is 4.74 Å². The van der Waals surface area contributed by atoms with Gasteiger partial charge < -0.3 is 4.74 Å². The molecule has 0 N–H and O–H groups in total. The van der Waals surface area contributed by atoms with E-state index in [-0.39, 0.29) is 0 Å². The van der Waals surface area contributed by atoms with E-state index in [1.165, 1.54) is 5.56 Å². The zero-order valence-corrected chi connectivity index (χ0v) is 15.8. The van der Waals surface area contributed by atoms with Gasteiger partial charge in [0, 0.05) is 24.7 Å². The van der Waals surface area contributed by atoms with E-state index in [1.54, 1.807) is 0 Å². The lowest BCUT2D eigenvalue weighted by atomic mass is 9.93. The highest BCUT2D eigenvalue weighted by Crippen LogP contribution is 2.30. The third-order valence-electron chi connectivity index (χ3n) is 5.16. The van der Waals surface area contributed by atoms with E-state index in [0.717, 1.165) is 44.5 Å². The van der Waals surface area contributed by atoms with Crippen molar-refractivity contribution in [1.29, 1.82) is 0 Å². The molecular formula is C24H24N2O2. The standard InChI is InChI=1S/C24H24N2O2/c27-18-23-24(28-21-11-5-2-6-12-21)14-13-22(25-23)20-10-7-15-26(17-20)16-19-8-3-1-4-9-19/h1-6,8-9,11-14,18,20H,7,10,15-17H2. The first-order valence-electron chi connectivity index (χ1n) is 9.77. The van der Waals surface area contributed by atoms with Gasteiger partial charge in [0.2, 0.25) is 0 Å². The number of benzene rings is 2. The quantitative estimate of drug-likeness (QED) is 0.567.